The summed E-state index contributed by atoms with van der Waals surface area (Å²) in [4.78, 5) is 15.0. The number of carbonyl (C=O) groups excluding carboxylic acids is 1. The summed E-state index contributed by atoms with van der Waals surface area (Å²) in [6, 6.07) is 11.4. The third-order valence-electron chi connectivity index (χ3n) is 4.45. The van der Waals surface area contributed by atoms with E-state index in [0.717, 1.165) is 37.9 Å². The molecule has 1 fully saturated rings. The summed E-state index contributed by atoms with van der Waals surface area (Å²) in [6.45, 7) is 1.90. The lowest BCUT2D eigenvalue weighted by atomic mass is 10.1. The lowest BCUT2D eigenvalue weighted by Crippen LogP contribution is -2.30. The van der Waals surface area contributed by atoms with Gasteiger partial charge >= 0.3 is 0 Å². The molecule has 1 saturated heterocycles. The first kappa shape index (κ1) is 18.7. The standard InChI is InChI=1S/C19H21ClN2O3S/c1-26(24,25)16-8-5-14(6-9-16)19(23)21-17-13-15(20)7-10-18(17)22-11-3-2-4-12-22/h5-10,13H,2-4,11-12H2,1H3,(H,21,23). The van der Waals surface area contributed by atoms with Crippen LogP contribution < -0.4 is 10.2 Å². The maximum atomic E-state index is 12.6. The van der Waals surface area contributed by atoms with Crippen LogP contribution in [-0.4, -0.2) is 33.7 Å². The SMILES string of the molecule is CS(=O)(=O)c1ccc(C(=O)Nc2cc(Cl)ccc2N2CCCCC2)cc1. The van der Waals surface area contributed by atoms with E-state index < -0.39 is 9.84 Å². The van der Waals surface area contributed by atoms with Crippen molar-refractivity contribution in [3.05, 3.63) is 53.1 Å². The van der Waals surface area contributed by atoms with Crippen molar-refractivity contribution >= 4 is 38.7 Å². The molecule has 0 spiro atoms. The molecule has 7 heteroatoms. The molecule has 138 valence electrons. The molecule has 0 aromatic heterocycles. The molecule has 2 aromatic carbocycles. The van der Waals surface area contributed by atoms with E-state index in [2.05, 4.69) is 10.2 Å². The first-order valence-corrected chi connectivity index (χ1v) is 10.8. The molecule has 1 heterocycles. The van der Waals surface area contributed by atoms with Gasteiger partial charge in [-0.2, -0.15) is 0 Å². The Morgan fingerprint density at radius 3 is 2.31 bits per heavy atom. The fraction of sp³-hybridized carbons (Fsp3) is 0.316. The minimum atomic E-state index is -3.29. The normalized spacial score (nSPS) is 14.9. The van der Waals surface area contributed by atoms with Gasteiger partial charge in [0.1, 0.15) is 0 Å². The van der Waals surface area contributed by atoms with E-state index in [9.17, 15) is 13.2 Å². The number of rotatable bonds is 4. The summed E-state index contributed by atoms with van der Waals surface area (Å²) in [5, 5.41) is 3.46. The zero-order valence-electron chi connectivity index (χ0n) is 14.5. The van der Waals surface area contributed by atoms with Gasteiger partial charge in [0.2, 0.25) is 0 Å². The van der Waals surface area contributed by atoms with E-state index in [-0.39, 0.29) is 10.8 Å². The monoisotopic (exact) mass is 392 g/mol. The number of piperidine rings is 1. The Kier molecular flexibility index (Phi) is 5.53. The van der Waals surface area contributed by atoms with Crippen molar-refractivity contribution in [2.45, 2.75) is 24.2 Å². The molecule has 1 aliphatic heterocycles. The maximum Gasteiger partial charge on any atom is 0.255 e. The Morgan fingerprint density at radius 2 is 1.69 bits per heavy atom. The molecule has 3 rings (SSSR count). The number of halogens is 1. The van der Waals surface area contributed by atoms with Crippen LogP contribution in [0.2, 0.25) is 5.02 Å². The van der Waals surface area contributed by atoms with Crippen LogP contribution >= 0.6 is 11.6 Å². The Balaban J connectivity index is 1.83. The van der Waals surface area contributed by atoms with E-state index in [0.29, 0.717) is 16.3 Å². The predicted molar refractivity (Wildman–Crippen MR) is 105 cm³/mol. The van der Waals surface area contributed by atoms with Gasteiger partial charge in [0, 0.05) is 29.9 Å². The molecule has 5 nitrogen and oxygen atoms in total. The Bertz CT molecular complexity index is 905. The fourth-order valence-corrected chi connectivity index (χ4v) is 3.87. The highest BCUT2D eigenvalue weighted by molar-refractivity contribution is 7.90. The molecular weight excluding hydrogens is 372 g/mol. The third-order valence-corrected chi connectivity index (χ3v) is 5.81. The fourth-order valence-electron chi connectivity index (χ4n) is 3.07. The van der Waals surface area contributed by atoms with E-state index in [1.807, 2.05) is 12.1 Å². The number of amides is 1. The maximum absolute atomic E-state index is 12.6. The van der Waals surface area contributed by atoms with E-state index in [1.165, 1.54) is 30.7 Å². The number of nitrogens with one attached hydrogen (secondary N) is 1. The van der Waals surface area contributed by atoms with Gasteiger partial charge in [-0.15, -0.1) is 0 Å². The molecule has 2 aromatic rings. The molecule has 1 amide bonds. The van der Waals surface area contributed by atoms with Crippen molar-refractivity contribution in [3.8, 4) is 0 Å². The molecule has 0 saturated carbocycles. The number of sulfone groups is 1. The lowest BCUT2D eigenvalue weighted by Gasteiger charge is -2.30. The van der Waals surface area contributed by atoms with Crippen LogP contribution in [-0.2, 0) is 9.84 Å². The van der Waals surface area contributed by atoms with Crippen LogP contribution in [0.1, 0.15) is 29.6 Å². The van der Waals surface area contributed by atoms with Crippen molar-refractivity contribution in [3.63, 3.8) is 0 Å². The summed E-state index contributed by atoms with van der Waals surface area (Å²) in [7, 11) is -3.29. The summed E-state index contributed by atoms with van der Waals surface area (Å²) in [6.07, 6.45) is 4.61. The lowest BCUT2D eigenvalue weighted by molar-refractivity contribution is 0.102. The van der Waals surface area contributed by atoms with Crippen molar-refractivity contribution in [1.29, 1.82) is 0 Å². The predicted octanol–water partition coefficient (Wildman–Crippen LogP) is 3.99. The van der Waals surface area contributed by atoms with Crippen LogP contribution in [0, 0.1) is 0 Å². The smallest absolute Gasteiger partial charge is 0.255 e. The van der Waals surface area contributed by atoms with E-state index in [1.54, 1.807) is 6.07 Å². The summed E-state index contributed by atoms with van der Waals surface area (Å²) in [5.41, 5.74) is 2.01. The molecular formula is C19H21ClN2O3S. The van der Waals surface area contributed by atoms with E-state index >= 15 is 0 Å². The second-order valence-electron chi connectivity index (χ2n) is 6.46. The first-order valence-electron chi connectivity index (χ1n) is 8.50. The Hall–Kier alpha value is -2.05. The number of nitrogens with zero attached hydrogens (tertiary/aromatic N) is 1. The van der Waals surface area contributed by atoms with Gasteiger partial charge in [0.05, 0.1) is 16.3 Å². The van der Waals surface area contributed by atoms with Crippen molar-refractivity contribution in [1.82, 2.24) is 0 Å². The minimum Gasteiger partial charge on any atom is -0.370 e. The second kappa shape index (κ2) is 7.68. The van der Waals surface area contributed by atoms with Crippen molar-refractivity contribution in [2.24, 2.45) is 0 Å². The third kappa shape index (κ3) is 4.37. The van der Waals surface area contributed by atoms with Crippen LogP contribution in [0.5, 0.6) is 0 Å². The highest BCUT2D eigenvalue weighted by atomic mass is 35.5. The average molecular weight is 393 g/mol. The molecule has 0 atom stereocenters. The van der Waals surface area contributed by atoms with E-state index in [4.69, 9.17) is 11.6 Å². The number of benzene rings is 2. The quantitative estimate of drug-likeness (QED) is 0.854. The number of hydrogen-bond acceptors (Lipinski definition) is 4. The molecule has 1 aliphatic rings. The van der Waals surface area contributed by atoms with Gasteiger partial charge in [-0.25, -0.2) is 8.42 Å². The highest BCUT2D eigenvalue weighted by Crippen LogP contribution is 2.31. The zero-order valence-corrected chi connectivity index (χ0v) is 16.1. The Morgan fingerprint density at radius 1 is 1.04 bits per heavy atom. The van der Waals surface area contributed by atoms with Gasteiger partial charge in [-0.3, -0.25) is 4.79 Å². The number of hydrogen-bond donors (Lipinski definition) is 1. The summed E-state index contributed by atoms with van der Waals surface area (Å²) < 4.78 is 23.1. The second-order valence-corrected chi connectivity index (χ2v) is 8.91. The van der Waals surface area contributed by atoms with Gasteiger partial charge in [0.25, 0.3) is 5.91 Å². The molecule has 1 N–H and O–H groups in total. The van der Waals surface area contributed by atoms with Gasteiger partial charge in [-0.1, -0.05) is 11.6 Å². The molecule has 0 radical (unpaired) electrons. The zero-order chi connectivity index (χ0) is 18.7. The number of anilines is 2. The first-order chi connectivity index (χ1) is 12.3. The molecule has 0 bridgehead atoms. The van der Waals surface area contributed by atoms with Gasteiger partial charge in [0.15, 0.2) is 9.84 Å². The van der Waals surface area contributed by atoms with Crippen LogP contribution in [0.3, 0.4) is 0 Å². The topological polar surface area (TPSA) is 66.5 Å². The Labute approximate surface area is 158 Å². The van der Waals surface area contributed by atoms with Crippen LogP contribution in [0.25, 0.3) is 0 Å². The summed E-state index contributed by atoms with van der Waals surface area (Å²) in [5.74, 6) is -0.300. The molecule has 0 aliphatic carbocycles. The minimum absolute atomic E-state index is 0.186. The van der Waals surface area contributed by atoms with Crippen LogP contribution in [0.15, 0.2) is 47.4 Å². The highest BCUT2D eigenvalue weighted by Gasteiger charge is 2.17. The van der Waals surface area contributed by atoms with Crippen molar-refractivity contribution in [2.75, 3.05) is 29.6 Å². The summed E-state index contributed by atoms with van der Waals surface area (Å²) >= 11 is 6.12. The largest absolute Gasteiger partial charge is 0.370 e. The van der Waals surface area contributed by atoms with Gasteiger partial charge < -0.3 is 10.2 Å². The average Bonchev–Trinajstić information content (AvgIpc) is 2.62. The van der Waals surface area contributed by atoms with Crippen molar-refractivity contribution < 1.29 is 13.2 Å². The van der Waals surface area contributed by atoms with Gasteiger partial charge in [-0.05, 0) is 61.7 Å². The van der Waals surface area contributed by atoms with Crippen LogP contribution in [0.4, 0.5) is 11.4 Å². The number of carbonyl (C=O) groups is 1. The molecule has 26 heavy (non-hydrogen) atoms. The molecule has 0 unspecified atom stereocenters.